The van der Waals surface area contributed by atoms with Crippen molar-refractivity contribution in [1.29, 1.82) is 0 Å². The lowest BCUT2D eigenvalue weighted by molar-refractivity contribution is -0.150. The third-order valence-electron chi connectivity index (χ3n) is 8.01. The lowest BCUT2D eigenvalue weighted by Crippen LogP contribution is -2.60. The average molecular weight is 494 g/mol. The highest BCUT2D eigenvalue weighted by Crippen LogP contribution is 2.53. The smallest absolute Gasteiger partial charge is 0.435 e. The zero-order chi connectivity index (χ0) is 25.0. The number of aromatic nitrogens is 2. The number of hydrogen-bond donors (Lipinski definition) is 2. The first-order valence-electron chi connectivity index (χ1n) is 11.7. The van der Waals surface area contributed by atoms with Gasteiger partial charge < -0.3 is 15.3 Å². The highest BCUT2D eigenvalue weighted by Gasteiger charge is 2.54. The van der Waals surface area contributed by atoms with E-state index in [9.17, 15) is 27.2 Å². The molecule has 11 heteroatoms. The van der Waals surface area contributed by atoms with Gasteiger partial charge in [0.2, 0.25) is 5.91 Å². The lowest BCUT2D eigenvalue weighted by Gasteiger charge is -2.53. The van der Waals surface area contributed by atoms with Crippen LogP contribution in [0.5, 0.6) is 0 Å². The van der Waals surface area contributed by atoms with Gasteiger partial charge in [-0.25, -0.2) is 9.18 Å². The molecule has 3 saturated carbocycles. The Balaban J connectivity index is 1.39. The van der Waals surface area contributed by atoms with E-state index in [0.29, 0.717) is 49.8 Å². The maximum atomic E-state index is 13.7. The molecule has 6 rings (SSSR count). The quantitative estimate of drug-likeness (QED) is 0.620. The van der Waals surface area contributed by atoms with Gasteiger partial charge in [-0.1, -0.05) is 12.1 Å². The molecule has 0 spiro atoms. The minimum Gasteiger partial charge on any atom is -0.465 e. The molecule has 0 radical (unpaired) electrons. The van der Waals surface area contributed by atoms with Crippen LogP contribution in [0.4, 0.5) is 22.4 Å². The number of carbonyl (C=O) groups excluding carboxylic acids is 1. The van der Waals surface area contributed by atoms with Crippen LogP contribution >= 0.6 is 0 Å². The van der Waals surface area contributed by atoms with E-state index in [-0.39, 0.29) is 37.5 Å². The largest absolute Gasteiger partial charge is 0.465 e. The highest BCUT2D eigenvalue weighted by molar-refractivity contribution is 5.83. The summed E-state index contributed by atoms with van der Waals surface area (Å²) in [6, 6.07) is 5.50. The van der Waals surface area contributed by atoms with Crippen LogP contribution in [0.2, 0.25) is 0 Å². The van der Waals surface area contributed by atoms with Crippen LogP contribution in [-0.2, 0) is 30.5 Å². The van der Waals surface area contributed by atoms with Crippen molar-refractivity contribution in [2.45, 2.75) is 69.8 Å². The summed E-state index contributed by atoms with van der Waals surface area (Å²) >= 11 is 0. The number of hydrogen-bond acceptors (Lipinski definition) is 3. The number of nitrogens with zero attached hydrogens (tertiary/aromatic N) is 3. The van der Waals surface area contributed by atoms with E-state index in [0.717, 1.165) is 0 Å². The molecule has 2 amide bonds. The Hall–Kier alpha value is -3.11. The number of halogens is 4. The minimum atomic E-state index is -4.61. The predicted molar refractivity (Wildman–Crippen MR) is 116 cm³/mol. The summed E-state index contributed by atoms with van der Waals surface area (Å²) < 4.78 is 55.7. The van der Waals surface area contributed by atoms with Gasteiger partial charge in [-0.2, -0.15) is 18.3 Å². The fourth-order valence-corrected chi connectivity index (χ4v) is 6.03. The third kappa shape index (κ3) is 4.25. The number of carboxylic acid groups (broad SMARTS) is 1. The third-order valence-corrected chi connectivity index (χ3v) is 8.01. The molecule has 2 N–H and O–H groups in total. The van der Waals surface area contributed by atoms with Crippen molar-refractivity contribution < 1.29 is 32.3 Å². The van der Waals surface area contributed by atoms with Crippen LogP contribution in [-0.4, -0.2) is 43.9 Å². The van der Waals surface area contributed by atoms with Crippen molar-refractivity contribution in [2.24, 2.45) is 5.41 Å². The van der Waals surface area contributed by atoms with Crippen LogP contribution in [0.3, 0.4) is 0 Å². The minimum absolute atomic E-state index is 0.0265. The molecule has 188 valence electrons. The molecule has 0 unspecified atom stereocenters. The number of benzene rings is 1. The van der Waals surface area contributed by atoms with Crippen LogP contribution in [0.1, 0.15) is 61.0 Å². The maximum absolute atomic E-state index is 13.7. The van der Waals surface area contributed by atoms with Gasteiger partial charge in [0.15, 0.2) is 5.69 Å². The predicted octanol–water partition coefficient (Wildman–Crippen LogP) is 4.33. The summed E-state index contributed by atoms with van der Waals surface area (Å²) in [4.78, 5) is 26.5. The molecule has 7 nitrogen and oxygen atoms in total. The van der Waals surface area contributed by atoms with Crippen LogP contribution in [0.25, 0.3) is 0 Å². The van der Waals surface area contributed by atoms with Gasteiger partial charge in [-0.3, -0.25) is 9.48 Å². The molecular weight excluding hydrogens is 468 g/mol. The van der Waals surface area contributed by atoms with Gasteiger partial charge >= 0.3 is 12.3 Å². The van der Waals surface area contributed by atoms with Gasteiger partial charge in [-0.05, 0) is 62.6 Å². The number of amides is 2. The summed E-state index contributed by atoms with van der Waals surface area (Å²) in [7, 11) is 0. The van der Waals surface area contributed by atoms with Gasteiger partial charge in [0.25, 0.3) is 0 Å². The van der Waals surface area contributed by atoms with Crippen molar-refractivity contribution in [2.75, 3.05) is 6.54 Å². The molecule has 3 aliphatic carbocycles. The van der Waals surface area contributed by atoms with Gasteiger partial charge in [-0.15, -0.1) is 0 Å². The summed E-state index contributed by atoms with van der Waals surface area (Å²) in [5.74, 6) is -0.513. The second-order valence-electron chi connectivity index (χ2n) is 10.0. The zero-order valence-electron chi connectivity index (χ0n) is 19.0. The first kappa shape index (κ1) is 23.6. The monoisotopic (exact) mass is 494 g/mol. The van der Waals surface area contributed by atoms with Crippen LogP contribution < -0.4 is 5.32 Å². The second kappa shape index (κ2) is 8.23. The fraction of sp³-hybridized carbons (Fsp3) is 0.542. The molecular formula is C24H26F4N4O3. The Morgan fingerprint density at radius 3 is 2.26 bits per heavy atom. The Kier molecular flexibility index (Phi) is 5.56. The molecule has 3 fully saturated rings. The first-order valence-corrected chi connectivity index (χ1v) is 11.7. The molecule has 2 aromatic rings. The zero-order valence-corrected chi connectivity index (χ0v) is 19.0. The average Bonchev–Trinajstić information content (AvgIpc) is 3.19. The summed E-state index contributed by atoms with van der Waals surface area (Å²) in [5, 5.41) is 15.7. The van der Waals surface area contributed by atoms with Gasteiger partial charge in [0.05, 0.1) is 18.8 Å². The molecule has 4 aliphatic rings. The van der Waals surface area contributed by atoms with Gasteiger partial charge in [0, 0.05) is 23.1 Å². The van der Waals surface area contributed by atoms with Crippen LogP contribution in [0.15, 0.2) is 24.3 Å². The summed E-state index contributed by atoms with van der Waals surface area (Å²) in [6.45, 7) is 0.241. The molecule has 2 bridgehead atoms. The number of alkyl halides is 3. The molecule has 35 heavy (non-hydrogen) atoms. The standard InChI is InChI=1S/C24H26F4N4O3/c25-16-3-1-15(2-4-16)13-32-18-14-31(12-5-17(18)19(30-32)24(26,27)28)20(33)22-6-9-23(10-7-22,11-8-22)29-21(34)35/h1-4,29H,5-14H2,(H,34,35). The first-order chi connectivity index (χ1) is 16.5. The normalized spacial score (nSPS) is 25.9. The summed E-state index contributed by atoms with van der Waals surface area (Å²) in [5.41, 5.74) is -0.954. The number of rotatable bonds is 4. The van der Waals surface area contributed by atoms with Crippen molar-refractivity contribution in [1.82, 2.24) is 20.0 Å². The highest BCUT2D eigenvalue weighted by atomic mass is 19.4. The van der Waals surface area contributed by atoms with Gasteiger partial charge in [0.1, 0.15) is 5.82 Å². The summed E-state index contributed by atoms with van der Waals surface area (Å²) in [6.07, 6.45) is -2.24. The second-order valence-corrected chi connectivity index (χ2v) is 10.0. The molecule has 0 atom stereocenters. The van der Waals surface area contributed by atoms with E-state index < -0.39 is 34.7 Å². The van der Waals surface area contributed by atoms with E-state index in [1.807, 2.05) is 0 Å². The van der Waals surface area contributed by atoms with Crippen molar-refractivity contribution in [3.8, 4) is 0 Å². The molecule has 2 heterocycles. The molecule has 1 aromatic carbocycles. The maximum Gasteiger partial charge on any atom is 0.435 e. The Bertz CT molecular complexity index is 1130. The van der Waals surface area contributed by atoms with E-state index in [1.54, 1.807) is 4.90 Å². The van der Waals surface area contributed by atoms with Crippen molar-refractivity contribution >= 4 is 12.0 Å². The fourth-order valence-electron chi connectivity index (χ4n) is 6.03. The molecule has 1 aliphatic heterocycles. The number of carbonyl (C=O) groups is 2. The van der Waals surface area contributed by atoms with Crippen molar-refractivity contribution in [3.05, 3.63) is 52.6 Å². The topological polar surface area (TPSA) is 87.5 Å². The Morgan fingerprint density at radius 1 is 1.06 bits per heavy atom. The Labute approximate surface area is 199 Å². The number of fused-ring (bicyclic) bond motifs is 4. The lowest BCUT2D eigenvalue weighted by atomic mass is 9.56. The van der Waals surface area contributed by atoms with E-state index >= 15 is 0 Å². The molecule has 1 aromatic heterocycles. The van der Waals surface area contributed by atoms with E-state index in [2.05, 4.69) is 10.4 Å². The molecule has 0 saturated heterocycles. The van der Waals surface area contributed by atoms with Crippen LogP contribution in [0, 0.1) is 11.2 Å². The van der Waals surface area contributed by atoms with E-state index in [1.165, 1.54) is 28.9 Å². The number of nitrogens with one attached hydrogen (secondary N) is 1. The SMILES string of the molecule is O=C(O)NC12CCC(C(=O)N3CCc4c(C(F)(F)F)nn(Cc5ccc(F)cc5)c4C3)(CC1)CC2. The van der Waals surface area contributed by atoms with E-state index in [4.69, 9.17) is 5.11 Å². The van der Waals surface area contributed by atoms with Crippen molar-refractivity contribution in [3.63, 3.8) is 0 Å². The Morgan fingerprint density at radius 2 is 1.69 bits per heavy atom.